The molecule has 7 rings (SSSR count). The molecule has 6 aromatic rings. The van der Waals surface area contributed by atoms with E-state index in [1.165, 1.54) is 38.5 Å². The molecular weight excluding hydrogens is 545 g/mol. The summed E-state index contributed by atoms with van der Waals surface area (Å²) in [4.78, 5) is 30.0. The van der Waals surface area contributed by atoms with Crippen molar-refractivity contribution in [2.75, 3.05) is 12.4 Å². The zero-order chi connectivity index (χ0) is 29.3. The average molecular weight is 576 g/mol. The highest BCUT2D eigenvalue weighted by atomic mass is 19.1. The second kappa shape index (κ2) is 11.3. The van der Waals surface area contributed by atoms with E-state index in [4.69, 9.17) is 9.72 Å². The standard InChI is InChI=1S/C33H30FN7O2/c1-43-25-15-21(13-23(34)17-25)29-31-27(10-11-35-29)38-33(39-31)30-26-16-22(18-36-32(26)41-40-30)20-8-5-9-24(14-20)37-28(42)12-19-6-3-2-4-7-19/h5,8-11,13-19H,2-4,6-7,12H2,1H3,(H,37,42)(H,38,39)(H,36,40,41). The Bertz CT molecular complexity index is 1960. The number of pyridine rings is 2. The predicted octanol–water partition coefficient (Wildman–Crippen LogP) is 7.29. The van der Waals surface area contributed by atoms with Gasteiger partial charge in [0.1, 0.15) is 22.8 Å². The lowest BCUT2D eigenvalue weighted by Gasteiger charge is -2.20. The van der Waals surface area contributed by atoms with Crippen LogP contribution in [0.5, 0.6) is 5.75 Å². The Labute approximate surface area is 247 Å². The molecule has 0 bridgehead atoms. The van der Waals surface area contributed by atoms with Gasteiger partial charge in [-0.1, -0.05) is 31.4 Å². The third kappa shape index (κ3) is 5.43. The first-order valence-corrected chi connectivity index (χ1v) is 14.5. The number of nitrogens with zero attached hydrogens (tertiary/aromatic N) is 4. The number of aromatic nitrogens is 6. The highest BCUT2D eigenvalue weighted by Crippen LogP contribution is 2.33. The number of carbonyl (C=O) groups excluding carboxylic acids is 1. The predicted molar refractivity (Wildman–Crippen MR) is 164 cm³/mol. The molecule has 0 aliphatic heterocycles. The van der Waals surface area contributed by atoms with Crippen molar-refractivity contribution in [2.24, 2.45) is 5.92 Å². The largest absolute Gasteiger partial charge is 0.497 e. The number of benzene rings is 2. The van der Waals surface area contributed by atoms with E-state index < -0.39 is 5.82 Å². The van der Waals surface area contributed by atoms with Crippen molar-refractivity contribution in [1.82, 2.24) is 30.1 Å². The fourth-order valence-electron chi connectivity index (χ4n) is 5.96. The maximum atomic E-state index is 14.3. The monoisotopic (exact) mass is 575 g/mol. The Kier molecular flexibility index (Phi) is 7.02. The van der Waals surface area contributed by atoms with Crippen molar-refractivity contribution in [3.05, 3.63) is 72.8 Å². The molecule has 0 radical (unpaired) electrons. The van der Waals surface area contributed by atoms with Gasteiger partial charge in [0, 0.05) is 41.7 Å². The fourth-order valence-corrected chi connectivity index (χ4v) is 5.96. The maximum Gasteiger partial charge on any atom is 0.224 e. The number of fused-ring (bicyclic) bond motifs is 2. The molecule has 4 aromatic heterocycles. The fraction of sp³-hybridized carbons (Fsp3) is 0.242. The van der Waals surface area contributed by atoms with Gasteiger partial charge in [-0.15, -0.1) is 0 Å². The maximum absolute atomic E-state index is 14.3. The molecule has 1 aliphatic carbocycles. The van der Waals surface area contributed by atoms with E-state index in [0.29, 0.717) is 52.0 Å². The van der Waals surface area contributed by atoms with Gasteiger partial charge in [0.15, 0.2) is 11.5 Å². The minimum absolute atomic E-state index is 0.0603. The van der Waals surface area contributed by atoms with E-state index in [1.54, 1.807) is 18.5 Å². The number of H-pyrrole nitrogens is 2. The molecule has 0 unspecified atom stereocenters. The van der Waals surface area contributed by atoms with E-state index in [1.807, 2.05) is 36.4 Å². The average Bonchev–Trinajstić information content (AvgIpc) is 3.65. The number of halogens is 1. The van der Waals surface area contributed by atoms with Crippen molar-refractivity contribution < 1.29 is 13.9 Å². The minimum Gasteiger partial charge on any atom is -0.497 e. The minimum atomic E-state index is -0.421. The van der Waals surface area contributed by atoms with Crippen LogP contribution in [-0.2, 0) is 4.79 Å². The van der Waals surface area contributed by atoms with E-state index in [0.717, 1.165) is 40.6 Å². The Morgan fingerprint density at radius 3 is 2.77 bits per heavy atom. The van der Waals surface area contributed by atoms with Gasteiger partial charge in [0.05, 0.1) is 23.7 Å². The molecule has 1 fully saturated rings. The Morgan fingerprint density at radius 2 is 1.91 bits per heavy atom. The third-order valence-corrected chi connectivity index (χ3v) is 8.11. The molecular formula is C33H30FN7O2. The first-order valence-electron chi connectivity index (χ1n) is 14.5. The number of ether oxygens (including phenoxy) is 1. The van der Waals surface area contributed by atoms with Crippen LogP contribution in [0.3, 0.4) is 0 Å². The van der Waals surface area contributed by atoms with Gasteiger partial charge in [0.2, 0.25) is 5.91 Å². The second-order valence-corrected chi connectivity index (χ2v) is 11.1. The van der Waals surface area contributed by atoms with Crippen molar-refractivity contribution in [1.29, 1.82) is 0 Å². The van der Waals surface area contributed by atoms with E-state index in [2.05, 4.69) is 30.5 Å². The molecule has 10 heteroatoms. The summed E-state index contributed by atoms with van der Waals surface area (Å²) in [6, 6.07) is 16.1. The van der Waals surface area contributed by atoms with Gasteiger partial charge in [-0.25, -0.2) is 14.4 Å². The van der Waals surface area contributed by atoms with Gasteiger partial charge >= 0.3 is 0 Å². The molecule has 1 amide bonds. The van der Waals surface area contributed by atoms with E-state index in [-0.39, 0.29) is 5.91 Å². The number of methoxy groups -OCH3 is 1. The van der Waals surface area contributed by atoms with Crippen molar-refractivity contribution in [2.45, 2.75) is 38.5 Å². The first kappa shape index (κ1) is 26.8. The number of carbonyl (C=O) groups is 1. The second-order valence-electron chi connectivity index (χ2n) is 11.1. The summed E-state index contributed by atoms with van der Waals surface area (Å²) in [7, 11) is 1.50. The number of aromatic amines is 2. The van der Waals surface area contributed by atoms with Crippen LogP contribution in [0.25, 0.3) is 56.0 Å². The smallest absolute Gasteiger partial charge is 0.224 e. The van der Waals surface area contributed by atoms with Gasteiger partial charge in [-0.05, 0) is 60.7 Å². The number of rotatable bonds is 7. The van der Waals surface area contributed by atoms with Crippen LogP contribution in [-0.4, -0.2) is 43.2 Å². The molecule has 43 heavy (non-hydrogen) atoms. The SMILES string of the molecule is COc1cc(F)cc(-c2nccc3[nH]c(-c4[nH]nc5ncc(-c6cccc(NC(=O)CC7CCCCC7)c6)cc45)nc23)c1. The van der Waals surface area contributed by atoms with E-state index >= 15 is 0 Å². The summed E-state index contributed by atoms with van der Waals surface area (Å²) in [5, 5.41) is 11.3. The van der Waals surface area contributed by atoms with Crippen molar-refractivity contribution in [3.8, 4) is 39.7 Å². The summed E-state index contributed by atoms with van der Waals surface area (Å²) in [5.41, 5.74) is 6.20. The highest BCUT2D eigenvalue weighted by Gasteiger charge is 2.19. The van der Waals surface area contributed by atoms with Gasteiger partial charge in [-0.3, -0.25) is 14.9 Å². The normalized spacial score (nSPS) is 13.9. The molecule has 1 saturated carbocycles. The zero-order valence-electron chi connectivity index (χ0n) is 23.7. The Balaban J connectivity index is 1.20. The summed E-state index contributed by atoms with van der Waals surface area (Å²) in [5.74, 6) is 1.07. The summed E-state index contributed by atoms with van der Waals surface area (Å²) >= 11 is 0. The van der Waals surface area contributed by atoms with Crippen LogP contribution in [0.4, 0.5) is 10.1 Å². The van der Waals surface area contributed by atoms with Crippen LogP contribution in [0, 0.1) is 11.7 Å². The number of amides is 1. The number of nitrogens with one attached hydrogen (secondary N) is 3. The van der Waals surface area contributed by atoms with Crippen LogP contribution < -0.4 is 10.1 Å². The Hall–Kier alpha value is -5.12. The number of hydrogen-bond acceptors (Lipinski definition) is 6. The highest BCUT2D eigenvalue weighted by molar-refractivity contribution is 5.97. The van der Waals surface area contributed by atoms with Crippen LogP contribution >= 0.6 is 0 Å². The molecule has 3 N–H and O–H groups in total. The molecule has 0 atom stereocenters. The lowest BCUT2D eigenvalue weighted by Crippen LogP contribution is -2.18. The molecule has 0 saturated heterocycles. The third-order valence-electron chi connectivity index (χ3n) is 8.11. The van der Waals surface area contributed by atoms with Crippen molar-refractivity contribution >= 4 is 33.7 Å². The lowest BCUT2D eigenvalue weighted by molar-refractivity contribution is -0.117. The lowest BCUT2D eigenvalue weighted by atomic mass is 9.87. The van der Waals surface area contributed by atoms with Crippen LogP contribution in [0.1, 0.15) is 38.5 Å². The zero-order valence-corrected chi connectivity index (χ0v) is 23.7. The summed E-state index contributed by atoms with van der Waals surface area (Å²) in [6.07, 6.45) is 9.97. The quantitative estimate of drug-likeness (QED) is 0.184. The summed E-state index contributed by atoms with van der Waals surface area (Å²) in [6.45, 7) is 0. The molecule has 0 spiro atoms. The number of anilines is 1. The van der Waals surface area contributed by atoms with Gasteiger partial charge < -0.3 is 15.0 Å². The van der Waals surface area contributed by atoms with Gasteiger partial charge in [-0.2, -0.15) is 5.10 Å². The molecule has 216 valence electrons. The van der Waals surface area contributed by atoms with Crippen LogP contribution in [0.15, 0.2) is 67.0 Å². The van der Waals surface area contributed by atoms with Crippen molar-refractivity contribution in [3.63, 3.8) is 0 Å². The number of imidazole rings is 1. The van der Waals surface area contributed by atoms with Crippen LogP contribution in [0.2, 0.25) is 0 Å². The topological polar surface area (TPSA) is 121 Å². The summed E-state index contributed by atoms with van der Waals surface area (Å²) < 4.78 is 19.5. The molecule has 4 heterocycles. The van der Waals surface area contributed by atoms with E-state index in [9.17, 15) is 9.18 Å². The molecule has 9 nitrogen and oxygen atoms in total. The molecule has 1 aliphatic rings. The molecule has 2 aromatic carbocycles. The first-order chi connectivity index (χ1) is 21.0. The Morgan fingerprint density at radius 1 is 1.02 bits per heavy atom. The number of hydrogen-bond donors (Lipinski definition) is 3. The van der Waals surface area contributed by atoms with Gasteiger partial charge in [0.25, 0.3) is 0 Å².